The molecule has 0 radical (unpaired) electrons. The maximum atomic E-state index is 11.0. The first-order valence-electron chi connectivity index (χ1n) is 7.50. The third kappa shape index (κ3) is 4.93. The van der Waals surface area contributed by atoms with Crippen LogP contribution in [0.5, 0.6) is 11.5 Å². The van der Waals surface area contributed by atoms with Crippen molar-refractivity contribution in [2.24, 2.45) is 5.92 Å². The summed E-state index contributed by atoms with van der Waals surface area (Å²) in [5, 5.41) is 9.06. The van der Waals surface area contributed by atoms with Gasteiger partial charge in [-0.25, -0.2) is 0 Å². The summed E-state index contributed by atoms with van der Waals surface area (Å²) in [4.78, 5) is 13.2. The molecule has 5 nitrogen and oxygen atoms in total. The van der Waals surface area contributed by atoms with Crippen LogP contribution in [0.4, 0.5) is 0 Å². The number of carboxylic acids is 1. The van der Waals surface area contributed by atoms with Crippen molar-refractivity contribution in [3.8, 4) is 11.5 Å². The van der Waals surface area contributed by atoms with Crippen molar-refractivity contribution in [1.29, 1.82) is 0 Å². The lowest BCUT2D eigenvalue weighted by atomic mass is 9.98. The van der Waals surface area contributed by atoms with Crippen LogP contribution in [-0.4, -0.2) is 48.8 Å². The van der Waals surface area contributed by atoms with E-state index in [1.54, 1.807) is 0 Å². The topological polar surface area (TPSA) is 59.0 Å². The molecule has 1 unspecified atom stereocenters. The predicted molar refractivity (Wildman–Crippen MR) is 79.9 cm³/mol. The van der Waals surface area contributed by atoms with Gasteiger partial charge in [0.05, 0.1) is 12.5 Å². The van der Waals surface area contributed by atoms with E-state index in [4.69, 9.17) is 14.6 Å². The van der Waals surface area contributed by atoms with Crippen LogP contribution in [0.1, 0.15) is 19.8 Å². The normalized spacial score (nSPS) is 19.2. The van der Waals surface area contributed by atoms with Gasteiger partial charge < -0.3 is 14.6 Å². The third-order valence-electron chi connectivity index (χ3n) is 3.67. The van der Waals surface area contributed by atoms with Gasteiger partial charge in [-0.1, -0.05) is 0 Å². The minimum Gasteiger partial charge on any atom is -0.494 e. The maximum Gasteiger partial charge on any atom is 0.307 e. The summed E-state index contributed by atoms with van der Waals surface area (Å²) in [5.41, 5.74) is 0. The first-order chi connectivity index (χ1) is 10.2. The van der Waals surface area contributed by atoms with Crippen molar-refractivity contribution in [1.82, 2.24) is 4.90 Å². The number of nitrogens with zero attached hydrogens (tertiary/aromatic N) is 1. The molecule has 0 saturated carbocycles. The van der Waals surface area contributed by atoms with Gasteiger partial charge in [-0.15, -0.1) is 0 Å². The standard InChI is InChI=1S/C16H23NO4/c1-2-20-14-5-7-15(8-6-14)21-11-10-17-9-3-4-13(12-17)16(18)19/h5-8,13H,2-4,9-12H2,1H3,(H,18,19). The molecule has 0 aliphatic carbocycles. The minimum atomic E-state index is -0.688. The van der Waals surface area contributed by atoms with Gasteiger partial charge >= 0.3 is 5.97 Å². The van der Waals surface area contributed by atoms with Crippen LogP contribution < -0.4 is 9.47 Å². The summed E-state index contributed by atoms with van der Waals surface area (Å²) in [6, 6.07) is 7.56. The summed E-state index contributed by atoms with van der Waals surface area (Å²) in [6.45, 7) is 5.52. The van der Waals surface area contributed by atoms with Gasteiger partial charge in [0.25, 0.3) is 0 Å². The van der Waals surface area contributed by atoms with Crippen LogP contribution in [0.15, 0.2) is 24.3 Å². The molecule has 1 saturated heterocycles. The quantitative estimate of drug-likeness (QED) is 0.835. The summed E-state index contributed by atoms with van der Waals surface area (Å²) < 4.78 is 11.1. The van der Waals surface area contributed by atoms with E-state index in [1.165, 1.54) is 0 Å². The first-order valence-corrected chi connectivity index (χ1v) is 7.50. The second-order valence-corrected chi connectivity index (χ2v) is 5.23. The Morgan fingerprint density at radius 3 is 2.57 bits per heavy atom. The zero-order valence-corrected chi connectivity index (χ0v) is 12.5. The monoisotopic (exact) mass is 293 g/mol. The van der Waals surface area contributed by atoms with Crippen molar-refractivity contribution >= 4 is 5.97 Å². The van der Waals surface area contributed by atoms with E-state index in [2.05, 4.69) is 4.90 Å². The number of hydrogen-bond acceptors (Lipinski definition) is 4. The number of hydrogen-bond donors (Lipinski definition) is 1. The molecule has 0 aromatic heterocycles. The van der Waals surface area contributed by atoms with Crippen LogP contribution in [0.3, 0.4) is 0 Å². The smallest absolute Gasteiger partial charge is 0.307 e. The summed E-state index contributed by atoms with van der Waals surface area (Å²) >= 11 is 0. The Morgan fingerprint density at radius 1 is 1.29 bits per heavy atom. The van der Waals surface area contributed by atoms with E-state index < -0.39 is 5.97 Å². The number of carbonyl (C=O) groups is 1. The molecule has 1 heterocycles. The Labute approximate surface area is 125 Å². The average Bonchev–Trinajstić information content (AvgIpc) is 2.50. The van der Waals surface area contributed by atoms with E-state index >= 15 is 0 Å². The second-order valence-electron chi connectivity index (χ2n) is 5.23. The van der Waals surface area contributed by atoms with E-state index in [0.29, 0.717) is 19.8 Å². The molecule has 0 amide bonds. The van der Waals surface area contributed by atoms with Crippen molar-refractivity contribution in [2.75, 3.05) is 32.8 Å². The number of aliphatic carboxylic acids is 1. The Bertz CT molecular complexity index is 446. The fraction of sp³-hybridized carbons (Fsp3) is 0.562. The molecule has 5 heteroatoms. The highest BCUT2D eigenvalue weighted by Crippen LogP contribution is 2.18. The number of ether oxygens (including phenoxy) is 2. The zero-order valence-electron chi connectivity index (χ0n) is 12.5. The van der Waals surface area contributed by atoms with Crippen molar-refractivity contribution in [3.63, 3.8) is 0 Å². The predicted octanol–water partition coefficient (Wildman–Crippen LogP) is 2.26. The lowest BCUT2D eigenvalue weighted by molar-refractivity contribution is -0.143. The van der Waals surface area contributed by atoms with Crippen LogP contribution >= 0.6 is 0 Å². The van der Waals surface area contributed by atoms with Gasteiger partial charge in [-0.3, -0.25) is 9.69 Å². The Morgan fingerprint density at radius 2 is 1.95 bits per heavy atom. The van der Waals surface area contributed by atoms with Gasteiger partial charge in [-0.05, 0) is 50.6 Å². The minimum absolute atomic E-state index is 0.232. The fourth-order valence-electron chi connectivity index (χ4n) is 2.55. The summed E-state index contributed by atoms with van der Waals surface area (Å²) in [6.07, 6.45) is 1.73. The Kier molecular flexibility index (Phi) is 5.87. The van der Waals surface area contributed by atoms with Crippen molar-refractivity contribution in [3.05, 3.63) is 24.3 Å². The largest absolute Gasteiger partial charge is 0.494 e. The molecule has 1 aliphatic rings. The molecule has 1 N–H and O–H groups in total. The van der Waals surface area contributed by atoms with Gasteiger partial charge in [0.15, 0.2) is 0 Å². The zero-order chi connectivity index (χ0) is 15.1. The molecular weight excluding hydrogens is 270 g/mol. The van der Waals surface area contributed by atoms with E-state index in [1.807, 2.05) is 31.2 Å². The fourth-order valence-corrected chi connectivity index (χ4v) is 2.55. The Balaban J connectivity index is 1.72. The van der Waals surface area contributed by atoms with Gasteiger partial charge in [-0.2, -0.15) is 0 Å². The number of carboxylic acid groups (broad SMARTS) is 1. The molecule has 1 aromatic carbocycles. The Hall–Kier alpha value is -1.75. The van der Waals surface area contributed by atoms with Crippen LogP contribution in [0.25, 0.3) is 0 Å². The van der Waals surface area contributed by atoms with Crippen molar-refractivity contribution < 1.29 is 19.4 Å². The molecular formula is C16H23NO4. The van der Waals surface area contributed by atoms with Gasteiger partial charge in [0.1, 0.15) is 18.1 Å². The molecule has 21 heavy (non-hydrogen) atoms. The first kappa shape index (κ1) is 15.6. The highest BCUT2D eigenvalue weighted by Gasteiger charge is 2.24. The van der Waals surface area contributed by atoms with E-state index in [9.17, 15) is 4.79 Å². The average molecular weight is 293 g/mol. The lowest BCUT2D eigenvalue weighted by Crippen LogP contribution is -2.40. The molecule has 0 spiro atoms. The number of rotatable bonds is 7. The maximum absolute atomic E-state index is 11.0. The number of piperidine rings is 1. The van der Waals surface area contributed by atoms with E-state index in [0.717, 1.165) is 37.4 Å². The molecule has 2 rings (SSSR count). The lowest BCUT2D eigenvalue weighted by Gasteiger charge is -2.30. The van der Waals surface area contributed by atoms with Crippen LogP contribution in [-0.2, 0) is 4.79 Å². The third-order valence-corrected chi connectivity index (χ3v) is 3.67. The van der Waals surface area contributed by atoms with Crippen LogP contribution in [0.2, 0.25) is 0 Å². The number of benzene rings is 1. The molecule has 1 aliphatic heterocycles. The van der Waals surface area contributed by atoms with Gasteiger partial charge in [0.2, 0.25) is 0 Å². The molecule has 1 fully saturated rings. The second kappa shape index (κ2) is 7.88. The van der Waals surface area contributed by atoms with Crippen molar-refractivity contribution in [2.45, 2.75) is 19.8 Å². The number of likely N-dealkylation sites (tertiary alicyclic amines) is 1. The van der Waals surface area contributed by atoms with Crippen LogP contribution in [0, 0.1) is 5.92 Å². The molecule has 1 atom stereocenters. The highest BCUT2D eigenvalue weighted by molar-refractivity contribution is 5.70. The SMILES string of the molecule is CCOc1ccc(OCCN2CCCC(C(=O)O)C2)cc1. The van der Waals surface area contributed by atoms with Gasteiger partial charge in [0, 0.05) is 13.1 Å². The molecule has 116 valence electrons. The highest BCUT2D eigenvalue weighted by atomic mass is 16.5. The summed E-state index contributed by atoms with van der Waals surface area (Å²) in [7, 11) is 0. The molecule has 1 aromatic rings. The summed E-state index contributed by atoms with van der Waals surface area (Å²) in [5.74, 6) is 0.729. The van der Waals surface area contributed by atoms with E-state index in [-0.39, 0.29) is 5.92 Å². The molecule has 0 bridgehead atoms.